The average Bonchev–Trinajstić information content (AvgIpc) is 2.46. The molecule has 1 atom stereocenters. The Hall–Kier alpha value is -1.82. The molecule has 1 fully saturated rings. The number of nitrogens with zero attached hydrogens (tertiary/aromatic N) is 1. The number of halogens is 2. The van der Waals surface area contributed by atoms with Crippen molar-refractivity contribution in [1.29, 1.82) is 0 Å². The highest BCUT2D eigenvalue weighted by molar-refractivity contribution is 6.31. The highest BCUT2D eigenvalue weighted by Crippen LogP contribution is 2.19. The predicted octanol–water partition coefficient (Wildman–Crippen LogP) is 1.89. The number of likely N-dealkylation sites (tertiary alicyclic amines) is 1. The van der Waals surface area contributed by atoms with Gasteiger partial charge in [-0.05, 0) is 30.5 Å². The molecule has 1 unspecified atom stereocenters. The van der Waals surface area contributed by atoms with Crippen LogP contribution in [-0.2, 0) is 11.3 Å². The van der Waals surface area contributed by atoms with E-state index in [1.807, 2.05) is 0 Å². The minimum Gasteiger partial charge on any atom is -0.352 e. The first kappa shape index (κ1) is 15.6. The van der Waals surface area contributed by atoms with Crippen molar-refractivity contribution in [3.8, 4) is 0 Å². The van der Waals surface area contributed by atoms with Crippen LogP contribution in [-0.4, -0.2) is 29.9 Å². The molecule has 0 bridgehead atoms. The number of carbonyl (C=O) groups is 2. The monoisotopic (exact) mass is 313 g/mol. The summed E-state index contributed by atoms with van der Waals surface area (Å²) in [6.45, 7) is 1.15. The summed E-state index contributed by atoms with van der Waals surface area (Å²) in [6.07, 6.45) is 1.46. The maximum absolute atomic E-state index is 12.9. The zero-order valence-corrected chi connectivity index (χ0v) is 12.2. The van der Waals surface area contributed by atoms with Crippen LogP contribution in [0, 0.1) is 11.7 Å². The van der Waals surface area contributed by atoms with E-state index in [0.29, 0.717) is 25.1 Å². The van der Waals surface area contributed by atoms with Gasteiger partial charge in [-0.3, -0.25) is 4.79 Å². The Bertz CT molecular complexity index is 553. The third kappa shape index (κ3) is 4.07. The summed E-state index contributed by atoms with van der Waals surface area (Å²) >= 11 is 5.90. The molecule has 1 aromatic carbocycles. The number of rotatable bonds is 3. The van der Waals surface area contributed by atoms with Gasteiger partial charge in [0.25, 0.3) is 0 Å². The van der Waals surface area contributed by atoms with Crippen molar-refractivity contribution in [2.24, 2.45) is 11.7 Å². The maximum atomic E-state index is 12.9. The molecule has 3 N–H and O–H groups in total. The third-order valence-electron chi connectivity index (χ3n) is 3.57. The van der Waals surface area contributed by atoms with Crippen LogP contribution in [0.5, 0.6) is 0 Å². The Balaban J connectivity index is 1.90. The molecule has 2 rings (SSSR count). The van der Waals surface area contributed by atoms with Crippen LogP contribution >= 0.6 is 11.6 Å². The van der Waals surface area contributed by atoms with E-state index in [0.717, 1.165) is 6.42 Å². The molecule has 21 heavy (non-hydrogen) atoms. The van der Waals surface area contributed by atoms with Crippen LogP contribution in [0.3, 0.4) is 0 Å². The number of amides is 3. The van der Waals surface area contributed by atoms with E-state index < -0.39 is 11.8 Å². The number of piperidine rings is 1. The zero-order chi connectivity index (χ0) is 15.4. The highest BCUT2D eigenvalue weighted by atomic mass is 35.5. The quantitative estimate of drug-likeness (QED) is 0.894. The van der Waals surface area contributed by atoms with E-state index in [2.05, 4.69) is 5.32 Å². The number of carbonyl (C=O) groups excluding carboxylic acids is 2. The fourth-order valence-electron chi connectivity index (χ4n) is 2.38. The Morgan fingerprint density at radius 1 is 1.48 bits per heavy atom. The molecule has 0 aliphatic carbocycles. The maximum Gasteiger partial charge on any atom is 0.314 e. The lowest BCUT2D eigenvalue weighted by Gasteiger charge is -2.30. The van der Waals surface area contributed by atoms with Gasteiger partial charge in [0, 0.05) is 24.7 Å². The number of benzene rings is 1. The third-order valence-corrected chi connectivity index (χ3v) is 3.92. The minimum atomic E-state index is -0.505. The molecule has 0 spiro atoms. The lowest BCUT2D eigenvalue weighted by molar-refractivity contribution is -0.126. The van der Waals surface area contributed by atoms with Gasteiger partial charge >= 0.3 is 6.03 Å². The summed E-state index contributed by atoms with van der Waals surface area (Å²) in [5.41, 5.74) is 5.88. The first-order valence-electron chi connectivity index (χ1n) is 6.73. The lowest BCUT2D eigenvalue weighted by Crippen LogP contribution is -2.47. The standard InChI is InChI=1S/C14H17ClFN3O2/c15-12-6-11(16)4-3-9(12)7-18-13(20)10-2-1-5-19(8-10)14(17)21/h3-4,6,10H,1-2,5,7-8H2,(H2,17,21)(H,18,20). The number of hydrogen-bond donors (Lipinski definition) is 2. The number of nitrogens with two attached hydrogens (primary N) is 1. The van der Waals surface area contributed by atoms with Gasteiger partial charge in [0.2, 0.25) is 5.91 Å². The summed E-state index contributed by atoms with van der Waals surface area (Å²) in [5, 5.41) is 3.04. The molecule has 0 aromatic heterocycles. The van der Waals surface area contributed by atoms with Crippen molar-refractivity contribution < 1.29 is 14.0 Å². The fraction of sp³-hybridized carbons (Fsp3) is 0.429. The lowest BCUT2D eigenvalue weighted by atomic mass is 9.97. The molecule has 3 amide bonds. The number of primary amides is 1. The summed E-state index contributed by atoms with van der Waals surface area (Å²) in [7, 11) is 0. The van der Waals surface area contributed by atoms with Gasteiger partial charge in [-0.15, -0.1) is 0 Å². The zero-order valence-electron chi connectivity index (χ0n) is 11.4. The predicted molar refractivity (Wildman–Crippen MR) is 77.1 cm³/mol. The molecule has 1 aliphatic heterocycles. The van der Waals surface area contributed by atoms with E-state index in [4.69, 9.17) is 17.3 Å². The fourth-order valence-corrected chi connectivity index (χ4v) is 2.62. The molecule has 0 saturated carbocycles. The first-order valence-corrected chi connectivity index (χ1v) is 7.11. The van der Waals surface area contributed by atoms with Crippen LogP contribution in [0.15, 0.2) is 18.2 Å². The van der Waals surface area contributed by atoms with Crippen LogP contribution in [0.1, 0.15) is 18.4 Å². The van der Waals surface area contributed by atoms with Crippen molar-refractivity contribution in [2.45, 2.75) is 19.4 Å². The van der Waals surface area contributed by atoms with E-state index >= 15 is 0 Å². The van der Waals surface area contributed by atoms with Gasteiger partial charge in [-0.2, -0.15) is 0 Å². The van der Waals surface area contributed by atoms with Crippen LogP contribution in [0.4, 0.5) is 9.18 Å². The summed E-state index contributed by atoms with van der Waals surface area (Å²) in [6, 6.07) is 3.53. The van der Waals surface area contributed by atoms with E-state index in [1.54, 1.807) is 0 Å². The second-order valence-electron chi connectivity index (χ2n) is 5.08. The van der Waals surface area contributed by atoms with Gasteiger partial charge in [-0.25, -0.2) is 9.18 Å². The highest BCUT2D eigenvalue weighted by Gasteiger charge is 2.27. The molecule has 1 heterocycles. The molecular formula is C14H17ClFN3O2. The van der Waals surface area contributed by atoms with Crippen molar-refractivity contribution >= 4 is 23.5 Å². The first-order chi connectivity index (χ1) is 9.97. The van der Waals surface area contributed by atoms with Crippen LogP contribution in [0.2, 0.25) is 5.02 Å². The summed E-state index contributed by atoms with van der Waals surface area (Å²) in [5.74, 6) is -0.841. The SMILES string of the molecule is NC(=O)N1CCCC(C(=O)NCc2ccc(F)cc2Cl)C1. The summed E-state index contributed by atoms with van der Waals surface area (Å²) in [4.78, 5) is 24.7. The smallest absolute Gasteiger partial charge is 0.314 e. The second kappa shape index (κ2) is 6.76. The van der Waals surface area contributed by atoms with Crippen LogP contribution in [0.25, 0.3) is 0 Å². The van der Waals surface area contributed by atoms with Gasteiger partial charge in [0.15, 0.2) is 0 Å². The molecule has 5 nitrogen and oxygen atoms in total. The minimum absolute atomic E-state index is 0.152. The Morgan fingerprint density at radius 3 is 2.90 bits per heavy atom. The molecule has 0 radical (unpaired) electrons. The second-order valence-corrected chi connectivity index (χ2v) is 5.48. The Labute approximate surface area is 127 Å². The molecule has 7 heteroatoms. The Morgan fingerprint density at radius 2 is 2.24 bits per heavy atom. The van der Waals surface area contributed by atoms with Crippen molar-refractivity contribution in [2.75, 3.05) is 13.1 Å². The normalized spacial score (nSPS) is 18.4. The topological polar surface area (TPSA) is 75.4 Å². The van der Waals surface area contributed by atoms with Gasteiger partial charge in [0.1, 0.15) is 5.82 Å². The van der Waals surface area contributed by atoms with Crippen molar-refractivity contribution in [3.05, 3.63) is 34.6 Å². The molecular weight excluding hydrogens is 297 g/mol. The van der Waals surface area contributed by atoms with Crippen molar-refractivity contribution in [1.82, 2.24) is 10.2 Å². The molecule has 1 aromatic rings. The van der Waals surface area contributed by atoms with Crippen molar-refractivity contribution in [3.63, 3.8) is 0 Å². The van der Waals surface area contributed by atoms with E-state index in [-0.39, 0.29) is 23.4 Å². The summed E-state index contributed by atoms with van der Waals surface area (Å²) < 4.78 is 12.9. The van der Waals surface area contributed by atoms with Crippen LogP contribution < -0.4 is 11.1 Å². The number of urea groups is 1. The largest absolute Gasteiger partial charge is 0.352 e. The number of nitrogens with one attached hydrogen (secondary N) is 1. The molecule has 1 aliphatic rings. The van der Waals surface area contributed by atoms with Gasteiger partial charge in [-0.1, -0.05) is 17.7 Å². The Kier molecular flexibility index (Phi) is 5.01. The van der Waals surface area contributed by atoms with E-state index in [1.165, 1.54) is 23.1 Å². The molecule has 1 saturated heterocycles. The average molecular weight is 314 g/mol. The van der Waals surface area contributed by atoms with Gasteiger partial charge in [0.05, 0.1) is 5.92 Å². The number of hydrogen-bond acceptors (Lipinski definition) is 2. The molecule has 114 valence electrons. The van der Waals surface area contributed by atoms with E-state index in [9.17, 15) is 14.0 Å². The van der Waals surface area contributed by atoms with Gasteiger partial charge < -0.3 is 16.0 Å².